The number of hydrogen-bond donors (Lipinski definition) is 2. The van der Waals surface area contributed by atoms with Crippen LogP contribution in [0, 0.1) is 0 Å². The van der Waals surface area contributed by atoms with Crippen LogP contribution in [-0.2, 0) is 11.2 Å². The average molecular weight is 192 g/mol. The first-order valence-electron chi connectivity index (χ1n) is 5.01. The molecule has 0 aliphatic carbocycles. The van der Waals surface area contributed by atoms with E-state index in [1.54, 1.807) is 0 Å². The van der Waals surface area contributed by atoms with Crippen LogP contribution in [0.4, 0.5) is 5.69 Å². The van der Waals surface area contributed by atoms with Gasteiger partial charge in [-0.3, -0.25) is 0 Å². The van der Waals surface area contributed by atoms with Gasteiger partial charge in [0, 0.05) is 18.8 Å². The predicted octanol–water partition coefficient (Wildman–Crippen LogP) is 0.800. The van der Waals surface area contributed by atoms with Crippen LogP contribution < -0.4 is 11.1 Å². The maximum absolute atomic E-state index is 5.62. The maximum atomic E-state index is 5.62. The molecule has 1 fully saturated rings. The lowest BCUT2D eigenvalue weighted by Crippen LogP contribution is -2.39. The summed E-state index contributed by atoms with van der Waals surface area (Å²) in [5.41, 5.74) is 7.72. The van der Waals surface area contributed by atoms with Crippen LogP contribution in [0.25, 0.3) is 0 Å². The van der Waals surface area contributed by atoms with E-state index < -0.39 is 0 Å². The van der Waals surface area contributed by atoms with Crippen LogP contribution in [-0.4, -0.2) is 25.8 Å². The highest BCUT2D eigenvalue weighted by molar-refractivity contribution is 5.39. The van der Waals surface area contributed by atoms with Crippen molar-refractivity contribution in [1.29, 1.82) is 0 Å². The van der Waals surface area contributed by atoms with E-state index >= 15 is 0 Å². The van der Waals surface area contributed by atoms with Gasteiger partial charge >= 0.3 is 0 Å². The highest BCUT2D eigenvalue weighted by atomic mass is 16.5. The molecule has 0 bridgehead atoms. The molecular formula is C11H16N2O. The molecule has 1 heterocycles. The van der Waals surface area contributed by atoms with Gasteiger partial charge in [0.25, 0.3) is 0 Å². The third kappa shape index (κ3) is 2.47. The van der Waals surface area contributed by atoms with Crippen molar-refractivity contribution in [3.8, 4) is 0 Å². The molecule has 0 spiro atoms. The minimum Gasteiger partial charge on any atom is -0.399 e. The van der Waals surface area contributed by atoms with E-state index in [9.17, 15) is 0 Å². The van der Waals surface area contributed by atoms with Gasteiger partial charge in [-0.25, -0.2) is 0 Å². The summed E-state index contributed by atoms with van der Waals surface area (Å²) in [6, 6.07) is 8.00. The fourth-order valence-corrected chi connectivity index (χ4v) is 1.67. The highest BCUT2D eigenvalue weighted by Gasteiger charge is 2.13. The topological polar surface area (TPSA) is 47.3 Å². The summed E-state index contributed by atoms with van der Waals surface area (Å²) < 4.78 is 5.62. The second-order valence-electron chi connectivity index (χ2n) is 3.64. The normalized spacial score (nSPS) is 22.1. The molecule has 0 amide bonds. The SMILES string of the molecule is Nc1ccc(CC2CNCCO2)cc1. The summed E-state index contributed by atoms with van der Waals surface area (Å²) in [5, 5.41) is 3.32. The molecule has 1 unspecified atom stereocenters. The molecule has 3 nitrogen and oxygen atoms in total. The van der Waals surface area contributed by atoms with Crippen LogP contribution in [0.2, 0.25) is 0 Å². The number of anilines is 1. The molecule has 3 heteroatoms. The molecule has 1 aliphatic heterocycles. The Hall–Kier alpha value is -1.06. The Kier molecular flexibility index (Phi) is 3.01. The lowest BCUT2D eigenvalue weighted by Gasteiger charge is -2.23. The van der Waals surface area contributed by atoms with Crippen molar-refractivity contribution in [3.63, 3.8) is 0 Å². The van der Waals surface area contributed by atoms with Crippen molar-refractivity contribution in [3.05, 3.63) is 29.8 Å². The molecule has 0 saturated carbocycles. The van der Waals surface area contributed by atoms with Gasteiger partial charge in [-0.2, -0.15) is 0 Å². The molecule has 1 atom stereocenters. The van der Waals surface area contributed by atoms with Gasteiger partial charge < -0.3 is 15.8 Å². The molecule has 14 heavy (non-hydrogen) atoms. The van der Waals surface area contributed by atoms with Crippen molar-refractivity contribution in [1.82, 2.24) is 5.32 Å². The Morgan fingerprint density at radius 3 is 2.79 bits per heavy atom. The third-order valence-electron chi connectivity index (χ3n) is 2.45. The highest BCUT2D eigenvalue weighted by Crippen LogP contribution is 2.10. The van der Waals surface area contributed by atoms with E-state index in [0.717, 1.165) is 31.8 Å². The number of ether oxygens (including phenoxy) is 1. The minimum absolute atomic E-state index is 0.312. The third-order valence-corrected chi connectivity index (χ3v) is 2.45. The molecular weight excluding hydrogens is 176 g/mol. The lowest BCUT2D eigenvalue weighted by atomic mass is 10.1. The second kappa shape index (κ2) is 4.44. The van der Waals surface area contributed by atoms with E-state index in [0.29, 0.717) is 6.10 Å². The lowest BCUT2D eigenvalue weighted by molar-refractivity contribution is 0.0292. The van der Waals surface area contributed by atoms with Gasteiger partial charge in [-0.15, -0.1) is 0 Å². The van der Waals surface area contributed by atoms with Gasteiger partial charge in [0.2, 0.25) is 0 Å². The maximum Gasteiger partial charge on any atom is 0.0740 e. The van der Waals surface area contributed by atoms with Gasteiger partial charge in [0.1, 0.15) is 0 Å². The monoisotopic (exact) mass is 192 g/mol. The van der Waals surface area contributed by atoms with Crippen LogP contribution in [0.3, 0.4) is 0 Å². The molecule has 0 radical (unpaired) electrons. The average Bonchev–Trinajstić information content (AvgIpc) is 2.23. The number of nitrogen functional groups attached to an aromatic ring is 1. The fraction of sp³-hybridized carbons (Fsp3) is 0.455. The first kappa shape index (κ1) is 9.49. The number of hydrogen-bond acceptors (Lipinski definition) is 3. The van der Waals surface area contributed by atoms with E-state index in [2.05, 4.69) is 17.4 Å². The van der Waals surface area contributed by atoms with Crippen LogP contribution in [0.5, 0.6) is 0 Å². The Labute approximate surface area is 84.3 Å². The molecule has 2 rings (SSSR count). The largest absolute Gasteiger partial charge is 0.399 e. The minimum atomic E-state index is 0.312. The Morgan fingerprint density at radius 1 is 1.36 bits per heavy atom. The first-order valence-corrected chi connectivity index (χ1v) is 5.01. The van der Waals surface area contributed by atoms with Crippen molar-refractivity contribution in [2.45, 2.75) is 12.5 Å². The van der Waals surface area contributed by atoms with Crippen molar-refractivity contribution in [2.24, 2.45) is 0 Å². The number of nitrogens with two attached hydrogens (primary N) is 1. The summed E-state index contributed by atoms with van der Waals surface area (Å²) in [5.74, 6) is 0. The Bertz CT molecular complexity index is 278. The van der Waals surface area contributed by atoms with E-state index in [1.807, 2.05) is 12.1 Å². The summed E-state index contributed by atoms with van der Waals surface area (Å²) in [6.07, 6.45) is 1.28. The quantitative estimate of drug-likeness (QED) is 0.681. The number of nitrogens with one attached hydrogen (secondary N) is 1. The summed E-state index contributed by atoms with van der Waals surface area (Å²) in [7, 11) is 0. The van der Waals surface area contributed by atoms with Crippen LogP contribution in [0.1, 0.15) is 5.56 Å². The van der Waals surface area contributed by atoms with E-state index in [1.165, 1.54) is 5.56 Å². The first-order chi connectivity index (χ1) is 6.84. The molecule has 3 N–H and O–H groups in total. The van der Waals surface area contributed by atoms with Gasteiger partial charge in [0.15, 0.2) is 0 Å². The van der Waals surface area contributed by atoms with Crippen LogP contribution >= 0.6 is 0 Å². The molecule has 1 aromatic carbocycles. The fourth-order valence-electron chi connectivity index (χ4n) is 1.67. The molecule has 1 aromatic rings. The standard InChI is InChI=1S/C11H16N2O/c12-10-3-1-9(2-4-10)7-11-8-13-5-6-14-11/h1-4,11,13H,5-8,12H2. The second-order valence-corrected chi connectivity index (χ2v) is 3.64. The van der Waals surface area contributed by atoms with Crippen molar-refractivity contribution < 1.29 is 4.74 Å². The number of morpholine rings is 1. The summed E-state index contributed by atoms with van der Waals surface area (Å²) >= 11 is 0. The van der Waals surface area contributed by atoms with Crippen molar-refractivity contribution in [2.75, 3.05) is 25.4 Å². The summed E-state index contributed by atoms with van der Waals surface area (Å²) in [4.78, 5) is 0. The Morgan fingerprint density at radius 2 is 2.14 bits per heavy atom. The van der Waals surface area contributed by atoms with Gasteiger partial charge in [-0.05, 0) is 24.1 Å². The zero-order chi connectivity index (χ0) is 9.80. The Balaban J connectivity index is 1.92. The zero-order valence-electron chi connectivity index (χ0n) is 8.20. The van der Waals surface area contributed by atoms with E-state index in [4.69, 9.17) is 10.5 Å². The molecule has 1 aliphatic rings. The van der Waals surface area contributed by atoms with Gasteiger partial charge in [0.05, 0.1) is 12.7 Å². The van der Waals surface area contributed by atoms with Crippen LogP contribution in [0.15, 0.2) is 24.3 Å². The number of benzene rings is 1. The van der Waals surface area contributed by atoms with E-state index in [-0.39, 0.29) is 0 Å². The zero-order valence-corrected chi connectivity index (χ0v) is 8.20. The number of rotatable bonds is 2. The predicted molar refractivity (Wildman–Crippen MR) is 57.2 cm³/mol. The molecule has 76 valence electrons. The smallest absolute Gasteiger partial charge is 0.0740 e. The van der Waals surface area contributed by atoms with Gasteiger partial charge in [-0.1, -0.05) is 12.1 Å². The van der Waals surface area contributed by atoms with Crippen molar-refractivity contribution >= 4 is 5.69 Å². The summed E-state index contributed by atoms with van der Waals surface area (Å²) in [6.45, 7) is 2.74. The molecule has 0 aromatic heterocycles. The molecule has 1 saturated heterocycles.